The number of ether oxygens (including phenoxy) is 1. The van der Waals surface area contributed by atoms with Gasteiger partial charge in [0.2, 0.25) is 0 Å². The van der Waals surface area contributed by atoms with E-state index in [4.69, 9.17) is 4.74 Å². The number of nitrogens with zero attached hydrogens (tertiary/aromatic N) is 1. The third-order valence-electron chi connectivity index (χ3n) is 3.93. The van der Waals surface area contributed by atoms with E-state index in [0.29, 0.717) is 11.5 Å². The van der Waals surface area contributed by atoms with E-state index in [1.807, 2.05) is 0 Å². The van der Waals surface area contributed by atoms with Gasteiger partial charge in [0.25, 0.3) is 0 Å². The number of likely N-dealkylation sites (tertiary alicyclic amines) is 1. The predicted octanol–water partition coefficient (Wildman–Crippen LogP) is 2.30. The maximum absolute atomic E-state index is 5.61. The van der Waals surface area contributed by atoms with Gasteiger partial charge < -0.3 is 4.74 Å². The molecular formula is C14H19NO. The van der Waals surface area contributed by atoms with E-state index in [1.54, 1.807) is 0 Å². The van der Waals surface area contributed by atoms with E-state index in [-0.39, 0.29) is 0 Å². The summed E-state index contributed by atoms with van der Waals surface area (Å²) >= 11 is 0. The van der Waals surface area contributed by atoms with Crippen LogP contribution in [0.4, 0.5) is 0 Å². The summed E-state index contributed by atoms with van der Waals surface area (Å²) < 4.78 is 5.61. The average molecular weight is 217 g/mol. The van der Waals surface area contributed by atoms with Crippen molar-refractivity contribution in [1.29, 1.82) is 0 Å². The SMILES string of the molecule is CC12COC1CCN(Cc1ccccc1)C2. The lowest BCUT2D eigenvalue weighted by Gasteiger charge is -2.53. The quantitative estimate of drug-likeness (QED) is 0.753. The lowest BCUT2D eigenvalue weighted by molar-refractivity contribution is -0.209. The van der Waals surface area contributed by atoms with Crippen LogP contribution < -0.4 is 0 Å². The van der Waals surface area contributed by atoms with Crippen LogP contribution in [0.1, 0.15) is 18.9 Å². The minimum absolute atomic E-state index is 0.424. The third kappa shape index (κ3) is 1.76. The Hall–Kier alpha value is -0.860. The van der Waals surface area contributed by atoms with Crippen LogP contribution in [-0.4, -0.2) is 30.7 Å². The Balaban J connectivity index is 1.64. The van der Waals surface area contributed by atoms with Crippen molar-refractivity contribution in [3.05, 3.63) is 35.9 Å². The molecule has 0 amide bonds. The molecule has 2 aliphatic heterocycles. The van der Waals surface area contributed by atoms with Crippen molar-refractivity contribution in [1.82, 2.24) is 4.90 Å². The Morgan fingerprint density at radius 2 is 2.19 bits per heavy atom. The van der Waals surface area contributed by atoms with Crippen LogP contribution in [0.25, 0.3) is 0 Å². The van der Waals surface area contributed by atoms with Crippen molar-refractivity contribution in [2.45, 2.75) is 26.0 Å². The van der Waals surface area contributed by atoms with Crippen molar-refractivity contribution in [3.63, 3.8) is 0 Å². The fourth-order valence-electron chi connectivity index (χ4n) is 2.93. The second-order valence-corrected chi connectivity index (χ2v) is 5.44. The highest BCUT2D eigenvalue weighted by Crippen LogP contribution is 2.40. The smallest absolute Gasteiger partial charge is 0.0675 e. The average Bonchev–Trinajstić information content (AvgIpc) is 2.27. The first-order valence-corrected chi connectivity index (χ1v) is 6.14. The summed E-state index contributed by atoms with van der Waals surface area (Å²) in [5.41, 5.74) is 1.84. The monoisotopic (exact) mass is 217 g/mol. The highest BCUT2D eigenvalue weighted by atomic mass is 16.5. The van der Waals surface area contributed by atoms with E-state index >= 15 is 0 Å². The second kappa shape index (κ2) is 3.86. The second-order valence-electron chi connectivity index (χ2n) is 5.44. The van der Waals surface area contributed by atoms with E-state index in [0.717, 1.165) is 13.2 Å². The van der Waals surface area contributed by atoms with Crippen LogP contribution in [-0.2, 0) is 11.3 Å². The summed E-state index contributed by atoms with van der Waals surface area (Å²) in [5, 5.41) is 0. The highest BCUT2D eigenvalue weighted by molar-refractivity contribution is 5.15. The number of piperidine rings is 1. The molecule has 2 heteroatoms. The molecule has 0 N–H and O–H groups in total. The zero-order valence-corrected chi connectivity index (χ0v) is 9.86. The molecule has 2 atom stereocenters. The summed E-state index contributed by atoms with van der Waals surface area (Å²) in [6, 6.07) is 10.8. The van der Waals surface area contributed by atoms with Crippen LogP contribution in [0, 0.1) is 5.41 Å². The van der Waals surface area contributed by atoms with Crippen molar-refractivity contribution in [3.8, 4) is 0 Å². The largest absolute Gasteiger partial charge is 0.377 e. The van der Waals surface area contributed by atoms with E-state index in [1.165, 1.54) is 25.1 Å². The third-order valence-corrected chi connectivity index (χ3v) is 3.93. The van der Waals surface area contributed by atoms with Gasteiger partial charge in [-0.15, -0.1) is 0 Å². The molecule has 1 aromatic carbocycles. The molecule has 3 rings (SSSR count). The predicted molar refractivity (Wildman–Crippen MR) is 64.2 cm³/mol. The summed E-state index contributed by atoms with van der Waals surface area (Å²) in [6.45, 7) is 6.76. The molecular weight excluding hydrogens is 198 g/mol. The number of benzene rings is 1. The molecule has 0 radical (unpaired) electrons. The molecule has 1 aromatic rings. The number of hydrogen-bond acceptors (Lipinski definition) is 2. The Bertz CT molecular complexity index is 364. The Morgan fingerprint density at radius 3 is 2.81 bits per heavy atom. The Kier molecular flexibility index (Phi) is 2.49. The molecule has 0 spiro atoms. The lowest BCUT2D eigenvalue weighted by Crippen LogP contribution is -2.60. The number of rotatable bonds is 2. The molecule has 2 heterocycles. The maximum atomic E-state index is 5.61. The number of fused-ring (bicyclic) bond motifs is 1. The van der Waals surface area contributed by atoms with Crippen molar-refractivity contribution in [2.75, 3.05) is 19.7 Å². The molecule has 2 unspecified atom stereocenters. The Labute approximate surface area is 97.2 Å². The standard InChI is InChI=1S/C14H19NO/c1-14-10-15(8-7-13(14)16-11-14)9-12-5-3-2-4-6-12/h2-6,13H,7-11H2,1H3. The molecule has 86 valence electrons. The summed E-state index contributed by atoms with van der Waals surface area (Å²) in [7, 11) is 0. The van der Waals surface area contributed by atoms with Gasteiger partial charge in [-0.3, -0.25) is 4.90 Å². The van der Waals surface area contributed by atoms with Crippen molar-refractivity contribution in [2.24, 2.45) is 5.41 Å². The molecule has 2 aliphatic rings. The van der Waals surface area contributed by atoms with Crippen LogP contribution in [0.2, 0.25) is 0 Å². The summed E-state index contributed by atoms with van der Waals surface area (Å²) in [5.74, 6) is 0. The molecule has 0 saturated carbocycles. The highest BCUT2D eigenvalue weighted by Gasteiger charge is 2.47. The van der Waals surface area contributed by atoms with Crippen molar-refractivity contribution >= 4 is 0 Å². The molecule has 16 heavy (non-hydrogen) atoms. The molecule has 2 saturated heterocycles. The van der Waals surface area contributed by atoms with E-state index in [2.05, 4.69) is 42.2 Å². The van der Waals surface area contributed by atoms with Gasteiger partial charge in [0, 0.05) is 25.0 Å². The lowest BCUT2D eigenvalue weighted by atomic mass is 9.75. The van der Waals surface area contributed by atoms with Gasteiger partial charge in [0.05, 0.1) is 12.7 Å². The fraction of sp³-hybridized carbons (Fsp3) is 0.571. The van der Waals surface area contributed by atoms with E-state index < -0.39 is 0 Å². The topological polar surface area (TPSA) is 12.5 Å². The molecule has 0 aromatic heterocycles. The molecule has 2 fully saturated rings. The van der Waals surface area contributed by atoms with Crippen molar-refractivity contribution < 1.29 is 4.74 Å². The van der Waals surface area contributed by atoms with Gasteiger partial charge in [-0.2, -0.15) is 0 Å². The molecule has 0 aliphatic carbocycles. The summed E-state index contributed by atoms with van der Waals surface area (Å²) in [6.07, 6.45) is 1.73. The maximum Gasteiger partial charge on any atom is 0.0675 e. The van der Waals surface area contributed by atoms with Gasteiger partial charge in [0.15, 0.2) is 0 Å². The first-order valence-electron chi connectivity index (χ1n) is 6.14. The Morgan fingerprint density at radius 1 is 1.38 bits per heavy atom. The van der Waals surface area contributed by atoms with Crippen LogP contribution >= 0.6 is 0 Å². The van der Waals surface area contributed by atoms with Crippen LogP contribution in [0.3, 0.4) is 0 Å². The van der Waals surface area contributed by atoms with E-state index in [9.17, 15) is 0 Å². The van der Waals surface area contributed by atoms with Gasteiger partial charge in [0.1, 0.15) is 0 Å². The minimum atomic E-state index is 0.424. The van der Waals surface area contributed by atoms with Gasteiger partial charge in [-0.1, -0.05) is 37.3 Å². The van der Waals surface area contributed by atoms with Crippen LogP contribution in [0.15, 0.2) is 30.3 Å². The number of hydrogen-bond donors (Lipinski definition) is 0. The molecule has 0 bridgehead atoms. The molecule has 2 nitrogen and oxygen atoms in total. The summed E-state index contributed by atoms with van der Waals surface area (Å²) in [4.78, 5) is 2.56. The zero-order chi connectivity index (χ0) is 11.0. The zero-order valence-electron chi connectivity index (χ0n) is 9.86. The van der Waals surface area contributed by atoms with Gasteiger partial charge in [-0.05, 0) is 12.0 Å². The van der Waals surface area contributed by atoms with Crippen LogP contribution in [0.5, 0.6) is 0 Å². The first kappa shape index (κ1) is 10.3. The normalized spacial score (nSPS) is 34.2. The van der Waals surface area contributed by atoms with Gasteiger partial charge >= 0.3 is 0 Å². The fourth-order valence-corrected chi connectivity index (χ4v) is 2.93. The first-order chi connectivity index (χ1) is 7.76. The van der Waals surface area contributed by atoms with Gasteiger partial charge in [-0.25, -0.2) is 0 Å². The minimum Gasteiger partial charge on any atom is -0.377 e.